The molecule has 2 aromatic rings. The minimum Gasteiger partial charge on any atom is -0.410 e. The second-order valence-corrected chi connectivity index (χ2v) is 3.49. The Morgan fingerprint density at radius 1 is 1.26 bits per heavy atom. The van der Waals surface area contributed by atoms with Gasteiger partial charge < -0.3 is 4.74 Å². The standard InChI is InChI=1S/C11H8F3N3O2/c12-11(13,14)8-6-9(17-16-8)15-10(18)19-7-4-2-1-3-5-7/h1-6H,(H2,15,16,17,18). The van der Waals surface area contributed by atoms with E-state index in [9.17, 15) is 18.0 Å². The summed E-state index contributed by atoms with van der Waals surface area (Å²) in [5, 5.41) is 7.18. The predicted octanol–water partition coefficient (Wildman–Crippen LogP) is 3.04. The lowest BCUT2D eigenvalue weighted by atomic mass is 10.3. The molecule has 5 nitrogen and oxygen atoms in total. The maximum Gasteiger partial charge on any atom is 0.435 e. The lowest BCUT2D eigenvalue weighted by Gasteiger charge is -2.03. The van der Waals surface area contributed by atoms with Gasteiger partial charge in [0.25, 0.3) is 0 Å². The number of benzene rings is 1. The number of aromatic nitrogens is 2. The Morgan fingerprint density at radius 2 is 1.95 bits per heavy atom. The summed E-state index contributed by atoms with van der Waals surface area (Å²) in [7, 11) is 0. The third kappa shape index (κ3) is 3.47. The topological polar surface area (TPSA) is 67.0 Å². The highest BCUT2D eigenvalue weighted by molar-refractivity contribution is 5.85. The van der Waals surface area contributed by atoms with Gasteiger partial charge in [0.15, 0.2) is 5.69 Å². The van der Waals surface area contributed by atoms with Crippen molar-refractivity contribution in [2.75, 3.05) is 5.32 Å². The van der Waals surface area contributed by atoms with Crippen molar-refractivity contribution in [3.05, 3.63) is 42.1 Å². The van der Waals surface area contributed by atoms with E-state index in [1.807, 2.05) is 5.10 Å². The van der Waals surface area contributed by atoms with Crippen molar-refractivity contribution in [1.29, 1.82) is 0 Å². The molecule has 0 aliphatic heterocycles. The molecular formula is C11H8F3N3O2. The van der Waals surface area contributed by atoms with Crippen LogP contribution < -0.4 is 10.1 Å². The lowest BCUT2D eigenvalue weighted by molar-refractivity contribution is -0.141. The summed E-state index contributed by atoms with van der Waals surface area (Å²) in [4.78, 5) is 11.4. The predicted molar refractivity (Wildman–Crippen MR) is 59.7 cm³/mol. The van der Waals surface area contributed by atoms with Crippen LogP contribution in [0.5, 0.6) is 5.75 Å². The number of halogens is 3. The van der Waals surface area contributed by atoms with Crippen molar-refractivity contribution in [2.24, 2.45) is 0 Å². The fourth-order valence-electron chi connectivity index (χ4n) is 1.26. The van der Waals surface area contributed by atoms with Crippen LogP contribution in [0.3, 0.4) is 0 Å². The van der Waals surface area contributed by atoms with Crippen LogP contribution in [0.15, 0.2) is 36.4 Å². The van der Waals surface area contributed by atoms with Gasteiger partial charge in [-0.3, -0.25) is 10.4 Å². The minimum atomic E-state index is -4.57. The first kappa shape index (κ1) is 12.9. The number of aromatic amines is 1. The van der Waals surface area contributed by atoms with E-state index in [0.29, 0.717) is 6.07 Å². The average molecular weight is 271 g/mol. The Bertz CT molecular complexity index is 566. The second kappa shape index (κ2) is 5.01. The van der Waals surface area contributed by atoms with E-state index in [1.165, 1.54) is 12.1 Å². The maximum atomic E-state index is 12.3. The first-order valence-corrected chi connectivity index (χ1v) is 5.11. The fraction of sp³-hybridized carbons (Fsp3) is 0.0909. The molecule has 0 unspecified atom stereocenters. The van der Waals surface area contributed by atoms with Crippen LogP contribution in [0.1, 0.15) is 5.69 Å². The summed E-state index contributed by atoms with van der Waals surface area (Å²) < 4.78 is 41.6. The van der Waals surface area contributed by atoms with Crippen molar-refractivity contribution < 1.29 is 22.7 Å². The number of amides is 1. The number of nitrogens with zero attached hydrogens (tertiary/aromatic N) is 1. The third-order valence-electron chi connectivity index (χ3n) is 2.06. The zero-order valence-electron chi connectivity index (χ0n) is 9.36. The zero-order chi connectivity index (χ0) is 13.9. The van der Waals surface area contributed by atoms with E-state index >= 15 is 0 Å². The minimum absolute atomic E-state index is 0.201. The number of rotatable bonds is 2. The summed E-state index contributed by atoms with van der Waals surface area (Å²) in [6.07, 6.45) is -5.48. The molecule has 100 valence electrons. The number of hydrogen-bond acceptors (Lipinski definition) is 3. The van der Waals surface area contributed by atoms with Gasteiger partial charge >= 0.3 is 12.3 Å². The maximum absolute atomic E-state index is 12.3. The Balaban J connectivity index is 1.98. The SMILES string of the molecule is O=C(Nc1cc(C(F)(F)F)n[nH]1)Oc1ccccc1. The Kier molecular flexibility index (Phi) is 3.41. The summed E-state index contributed by atoms with van der Waals surface area (Å²) in [6.45, 7) is 0. The Morgan fingerprint density at radius 3 is 2.53 bits per heavy atom. The van der Waals surface area contributed by atoms with Crippen LogP contribution >= 0.6 is 0 Å². The second-order valence-electron chi connectivity index (χ2n) is 3.49. The van der Waals surface area contributed by atoms with Gasteiger partial charge in [-0.25, -0.2) is 4.79 Å². The summed E-state index contributed by atoms with van der Waals surface area (Å²) in [5.74, 6) is 0.0730. The quantitative estimate of drug-likeness (QED) is 0.882. The van der Waals surface area contributed by atoms with Crippen LogP contribution in [0, 0.1) is 0 Å². The molecule has 8 heteroatoms. The molecule has 0 atom stereocenters. The first-order chi connectivity index (χ1) is 8.95. The molecule has 1 amide bonds. The summed E-state index contributed by atoms with van der Waals surface area (Å²) in [5.41, 5.74) is -1.12. The smallest absolute Gasteiger partial charge is 0.410 e. The van der Waals surface area contributed by atoms with Crippen molar-refractivity contribution >= 4 is 11.9 Å². The van der Waals surface area contributed by atoms with Gasteiger partial charge in [0, 0.05) is 6.07 Å². The molecule has 19 heavy (non-hydrogen) atoms. The number of H-pyrrole nitrogens is 1. The molecule has 0 saturated heterocycles. The van der Waals surface area contributed by atoms with Gasteiger partial charge in [-0.1, -0.05) is 18.2 Å². The highest BCUT2D eigenvalue weighted by Crippen LogP contribution is 2.28. The van der Waals surface area contributed by atoms with Gasteiger partial charge in [0.1, 0.15) is 11.6 Å². The van der Waals surface area contributed by atoms with Gasteiger partial charge in [0.05, 0.1) is 0 Å². The van der Waals surface area contributed by atoms with Crippen molar-refractivity contribution in [3.8, 4) is 5.75 Å². The Labute approximate surface area is 105 Å². The van der Waals surface area contributed by atoms with Crippen molar-refractivity contribution in [2.45, 2.75) is 6.18 Å². The van der Waals surface area contributed by atoms with Crippen molar-refractivity contribution in [3.63, 3.8) is 0 Å². The molecule has 2 N–H and O–H groups in total. The normalized spacial score (nSPS) is 11.1. The van der Waals surface area contributed by atoms with Gasteiger partial charge in [0.2, 0.25) is 0 Å². The number of para-hydroxylation sites is 1. The first-order valence-electron chi connectivity index (χ1n) is 5.11. The number of hydrogen-bond donors (Lipinski definition) is 2. The lowest BCUT2D eigenvalue weighted by Crippen LogP contribution is -2.16. The van der Waals surface area contributed by atoms with Crippen LogP contribution in [0.25, 0.3) is 0 Å². The molecular weight excluding hydrogens is 263 g/mol. The number of anilines is 1. The number of ether oxygens (including phenoxy) is 1. The fourth-order valence-corrected chi connectivity index (χ4v) is 1.26. The zero-order valence-corrected chi connectivity index (χ0v) is 9.36. The molecule has 0 saturated carbocycles. The monoisotopic (exact) mass is 271 g/mol. The molecule has 1 heterocycles. The van der Waals surface area contributed by atoms with E-state index in [0.717, 1.165) is 0 Å². The molecule has 0 aliphatic rings. The molecule has 0 bridgehead atoms. The molecule has 0 fully saturated rings. The highest BCUT2D eigenvalue weighted by atomic mass is 19.4. The van der Waals surface area contributed by atoms with E-state index in [-0.39, 0.29) is 11.6 Å². The van der Waals surface area contributed by atoms with E-state index < -0.39 is 18.0 Å². The number of alkyl halides is 3. The van der Waals surface area contributed by atoms with Gasteiger partial charge in [-0.05, 0) is 12.1 Å². The number of carbonyl (C=O) groups is 1. The van der Waals surface area contributed by atoms with Gasteiger partial charge in [-0.15, -0.1) is 0 Å². The molecule has 2 rings (SSSR count). The summed E-state index contributed by atoms with van der Waals surface area (Å²) >= 11 is 0. The van der Waals surface area contributed by atoms with Crippen molar-refractivity contribution in [1.82, 2.24) is 10.2 Å². The summed E-state index contributed by atoms with van der Waals surface area (Å²) in [6, 6.07) is 8.78. The highest BCUT2D eigenvalue weighted by Gasteiger charge is 2.34. The third-order valence-corrected chi connectivity index (χ3v) is 2.06. The van der Waals surface area contributed by atoms with E-state index in [4.69, 9.17) is 4.74 Å². The molecule has 1 aromatic heterocycles. The van der Waals surface area contributed by atoms with Crippen LogP contribution in [-0.4, -0.2) is 16.3 Å². The molecule has 0 aliphatic carbocycles. The Hall–Kier alpha value is -2.51. The number of carbonyl (C=O) groups excluding carboxylic acids is 1. The molecule has 1 aromatic carbocycles. The molecule has 0 radical (unpaired) electrons. The van der Waals surface area contributed by atoms with Crippen LogP contribution in [0.4, 0.5) is 23.8 Å². The van der Waals surface area contributed by atoms with E-state index in [1.54, 1.807) is 18.2 Å². The number of nitrogens with one attached hydrogen (secondary N) is 2. The largest absolute Gasteiger partial charge is 0.435 e. The van der Waals surface area contributed by atoms with Crippen LogP contribution in [-0.2, 0) is 6.18 Å². The van der Waals surface area contributed by atoms with Crippen LogP contribution in [0.2, 0.25) is 0 Å². The average Bonchev–Trinajstić information content (AvgIpc) is 2.78. The molecule has 0 spiro atoms. The van der Waals surface area contributed by atoms with Gasteiger partial charge in [-0.2, -0.15) is 18.3 Å². The van der Waals surface area contributed by atoms with E-state index in [2.05, 4.69) is 10.4 Å².